The van der Waals surface area contributed by atoms with Gasteiger partial charge in [-0.2, -0.15) is 0 Å². The highest BCUT2D eigenvalue weighted by atomic mass is 35.5. The van der Waals surface area contributed by atoms with Gasteiger partial charge in [0.25, 0.3) is 5.91 Å². The number of hydrogen-bond acceptors (Lipinski definition) is 4. The van der Waals surface area contributed by atoms with Crippen LogP contribution >= 0.6 is 34.5 Å². The first-order valence-corrected chi connectivity index (χ1v) is 16.9. The van der Waals surface area contributed by atoms with E-state index in [9.17, 15) is 13.8 Å². The predicted octanol–water partition coefficient (Wildman–Crippen LogP) is 7.96. The Labute approximate surface area is 263 Å². The number of nitrogens with two attached hydrogens (primary N) is 1. The van der Waals surface area contributed by atoms with Crippen LogP contribution in [0, 0.1) is 0 Å². The van der Waals surface area contributed by atoms with Crippen LogP contribution in [-0.2, 0) is 21.0 Å². The number of carbonyl (C=O) groups is 2. The van der Waals surface area contributed by atoms with Gasteiger partial charge in [0.05, 0.1) is 26.1 Å². The zero-order valence-corrected chi connectivity index (χ0v) is 26.4. The van der Waals surface area contributed by atoms with Crippen molar-refractivity contribution in [3.05, 3.63) is 99.3 Å². The van der Waals surface area contributed by atoms with Crippen LogP contribution in [0.2, 0.25) is 10.0 Å². The fourth-order valence-corrected chi connectivity index (χ4v) is 8.42. The molecule has 0 saturated carbocycles. The van der Waals surface area contributed by atoms with E-state index in [2.05, 4.69) is 6.92 Å². The second kappa shape index (κ2) is 13.1. The van der Waals surface area contributed by atoms with Crippen LogP contribution < -0.4 is 5.73 Å². The molecule has 2 heterocycles. The molecule has 3 aromatic carbocycles. The fourth-order valence-electron chi connectivity index (χ4n) is 5.45. The minimum Gasteiger partial charge on any atom is -0.369 e. The van der Waals surface area contributed by atoms with E-state index in [-0.39, 0.29) is 11.8 Å². The first-order valence-electron chi connectivity index (χ1n) is 14.0. The largest absolute Gasteiger partial charge is 0.369 e. The van der Waals surface area contributed by atoms with Crippen LogP contribution in [-0.4, -0.2) is 39.8 Å². The van der Waals surface area contributed by atoms with Crippen molar-refractivity contribution in [3.8, 4) is 21.6 Å². The molecule has 9 heteroatoms. The molecule has 5 rings (SSSR count). The number of halogens is 2. The molecule has 0 radical (unpaired) electrons. The number of rotatable bonds is 9. The Bertz CT molecular complexity index is 1610. The number of carbonyl (C=O) groups excluding carboxylic acids is 2. The van der Waals surface area contributed by atoms with E-state index in [1.807, 2.05) is 66.7 Å². The first-order chi connectivity index (χ1) is 20.2. The van der Waals surface area contributed by atoms with Crippen LogP contribution in [0.15, 0.2) is 83.8 Å². The molecule has 1 fully saturated rings. The van der Waals surface area contributed by atoms with Gasteiger partial charge in [-0.15, -0.1) is 11.3 Å². The van der Waals surface area contributed by atoms with Gasteiger partial charge in [-0.3, -0.25) is 13.8 Å². The number of benzene rings is 3. The Morgan fingerprint density at radius 1 is 0.952 bits per heavy atom. The highest BCUT2D eigenvalue weighted by Gasteiger charge is 2.42. The van der Waals surface area contributed by atoms with E-state index < -0.39 is 16.2 Å². The maximum absolute atomic E-state index is 13.9. The van der Waals surface area contributed by atoms with E-state index in [1.165, 1.54) is 11.3 Å². The summed E-state index contributed by atoms with van der Waals surface area (Å²) in [6.07, 6.45) is 2.82. The summed E-state index contributed by atoms with van der Waals surface area (Å²) >= 11 is 14.2. The molecule has 1 unspecified atom stereocenters. The maximum atomic E-state index is 13.9. The zero-order chi connectivity index (χ0) is 29.9. The molecule has 42 heavy (non-hydrogen) atoms. The van der Waals surface area contributed by atoms with Crippen molar-refractivity contribution in [3.63, 3.8) is 0 Å². The van der Waals surface area contributed by atoms with Gasteiger partial charge in [0.2, 0.25) is 5.91 Å². The third kappa shape index (κ3) is 6.20. The lowest BCUT2D eigenvalue weighted by Gasteiger charge is -2.40. The molecule has 1 aromatic heterocycles. The molecule has 2 amide bonds. The SMILES string of the molecule is CCCCS(=O)c1ccc(-c2cc(C(=O)N3CCC(C(N)=O)(c4ccccc4)CC3)sc2-c2ccc(Cl)cc2Cl)cc1. The summed E-state index contributed by atoms with van der Waals surface area (Å²) in [4.78, 5) is 30.5. The van der Waals surface area contributed by atoms with E-state index >= 15 is 0 Å². The zero-order valence-electron chi connectivity index (χ0n) is 23.3. The van der Waals surface area contributed by atoms with Gasteiger partial charge < -0.3 is 10.6 Å². The molecule has 1 saturated heterocycles. The molecule has 0 bridgehead atoms. The molecular formula is C33H32Cl2N2O3S2. The third-order valence-corrected chi connectivity index (χ3v) is 11.1. The van der Waals surface area contributed by atoms with E-state index in [1.54, 1.807) is 17.0 Å². The van der Waals surface area contributed by atoms with Crippen LogP contribution in [0.4, 0.5) is 0 Å². The average Bonchev–Trinajstić information content (AvgIpc) is 3.45. The third-order valence-electron chi connectivity index (χ3n) is 7.93. The highest BCUT2D eigenvalue weighted by molar-refractivity contribution is 7.85. The molecule has 218 valence electrons. The molecule has 5 nitrogen and oxygen atoms in total. The fraction of sp³-hybridized carbons (Fsp3) is 0.273. The number of thiophene rings is 1. The van der Waals surface area contributed by atoms with Crippen LogP contribution in [0.25, 0.3) is 21.6 Å². The number of likely N-dealkylation sites (tertiary alicyclic amines) is 1. The van der Waals surface area contributed by atoms with Crippen molar-refractivity contribution in [2.75, 3.05) is 18.8 Å². The smallest absolute Gasteiger partial charge is 0.263 e. The second-order valence-electron chi connectivity index (χ2n) is 10.5. The summed E-state index contributed by atoms with van der Waals surface area (Å²) in [6.45, 7) is 2.92. The summed E-state index contributed by atoms with van der Waals surface area (Å²) < 4.78 is 12.7. The maximum Gasteiger partial charge on any atom is 0.263 e. The van der Waals surface area contributed by atoms with Gasteiger partial charge in [0, 0.05) is 44.8 Å². The topological polar surface area (TPSA) is 80.5 Å². The quantitative estimate of drug-likeness (QED) is 0.202. The summed E-state index contributed by atoms with van der Waals surface area (Å²) in [5, 5.41) is 1.02. The van der Waals surface area contributed by atoms with Crippen molar-refractivity contribution < 1.29 is 13.8 Å². The molecule has 1 atom stereocenters. The van der Waals surface area contributed by atoms with Crippen molar-refractivity contribution in [1.29, 1.82) is 0 Å². The summed E-state index contributed by atoms with van der Waals surface area (Å²) in [7, 11) is -1.05. The van der Waals surface area contributed by atoms with Gasteiger partial charge in [-0.05, 0) is 60.7 Å². The van der Waals surface area contributed by atoms with Gasteiger partial charge in [0.15, 0.2) is 0 Å². The number of nitrogens with zero attached hydrogens (tertiary/aromatic N) is 1. The van der Waals surface area contributed by atoms with E-state index in [0.29, 0.717) is 46.6 Å². The number of hydrogen-bond donors (Lipinski definition) is 1. The molecule has 0 spiro atoms. The number of unbranched alkanes of at least 4 members (excludes halogenated alkanes) is 1. The Kier molecular flexibility index (Phi) is 9.53. The minimum atomic E-state index is -1.05. The van der Waals surface area contributed by atoms with Gasteiger partial charge in [0.1, 0.15) is 0 Å². The predicted molar refractivity (Wildman–Crippen MR) is 174 cm³/mol. The van der Waals surface area contributed by atoms with Crippen LogP contribution in [0.3, 0.4) is 0 Å². The van der Waals surface area contributed by atoms with Crippen LogP contribution in [0.1, 0.15) is 47.8 Å². The number of piperidine rings is 1. The summed E-state index contributed by atoms with van der Waals surface area (Å²) in [6, 6.07) is 24.5. The Hall–Kier alpha value is -2.97. The molecule has 4 aromatic rings. The molecule has 1 aliphatic rings. The average molecular weight is 640 g/mol. The van der Waals surface area contributed by atoms with Gasteiger partial charge in [-0.25, -0.2) is 0 Å². The monoisotopic (exact) mass is 638 g/mol. The lowest BCUT2D eigenvalue weighted by Crippen LogP contribution is -2.51. The Morgan fingerprint density at radius 3 is 2.26 bits per heavy atom. The second-order valence-corrected chi connectivity index (χ2v) is 14.0. The number of amides is 2. The Morgan fingerprint density at radius 2 is 1.64 bits per heavy atom. The van der Waals surface area contributed by atoms with Crippen molar-refractivity contribution in [2.45, 2.75) is 42.9 Å². The number of primary amides is 1. The first kappa shape index (κ1) is 30.5. The van der Waals surface area contributed by atoms with E-state index in [4.69, 9.17) is 28.9 Å². The van der Waals surface area contributed by atoms with Gasteiger partial charge >= 0.3 is 0 Å². The molecule has 2 N–H and O–H groups in total. The molecule has 0 aliphatic carbocycles. The molecule has 1 aliphatic heterocycles. The Balaban J connectivity index is 1.46. The normalized spacial score (nSPS) is 15.4. The van der Waals surface area contributed by atoms with E-state index in [0.717, 1.165) is 44.9 Å². The van der Waals surface area contributed by atoms with Crippen molar-refractivity contribution in [1.82, 2.24) is 4.90 Å². The minimum absolute atomic E-state index is 0.0963. The summed E-state index contributed by atoms with van der Waals surface area (Å²) in [5.74, 6) is 0.175. The van der Waals surface area contributed by atoms with Crippen LogP contribution in [0.5, 0.6) is 0 Å². The van der Waals surface area contributed by atoms with Crippen molar-refractivity contribution in [2.24, 2.45) is 5.73 Å². The summed E-state index contributed by atoms with van der Waals surface area (Å²) in [5.41, 5.74) is 8.57. The standard InChI is InChI=1S/C33H32Cl2N2O3S2/c1-2-3-19-42(40)25-12-9-22(10-13-25)27-21-29(41-30(27)26-14-11-24(34)20-28(26)35)31(38)37-17-15-33(16-18-37,32(36)39)23-7-5-4-6-8-23/h4-14,20-21H,2-3,15-19H2,1H3,(H2,36,39). The highest BCUT2D eigenvalue weighted by Crippen LogP contribution is 2.44. The van der Waals surface area contributed by atoms with Crippen molar-refractivity contribution >= 4 is 57.2 Å². The molecular weight excluding hydrogens is 607 g/mol. The lowest BCUT2D eigenvalue weighted by atomic mass is 9.72. The lowest BCUT2D eigenvalue weighted by molar-refractivity contribution is -0.125. The van der Waals surface area contributed by atoms with Gasteiger partial charge in [-0.1, -0.05) is 85.1 Å².